The first-order chi connectivity index (χ1) is 7.15. The molecule has 0 fully saturated rings. The van der Waals surface area contributed by atoms with E-state index in [-0.39, 0.29) is 6.61 Å². The van der Waals surface area contributed by atoms with Gasteiger partial charge in [-0.3, -0.25) is 4.79 Å². The van der Waals surface area contributed by atoms with Gasteiger partial charge in [-0.2, -0.15) is 0 Å². The van der Waals surface area contributed by atoms with Crippen LogP contribution in [0.15, 0.2) is 30.3 Å². The largest absolute Gasteiger partial charge is 0.474 e. The first kappa shape index (κ1) is 11.2. The highest BCUT2D eigenvalue weighted by Crippen LogP contribution is 2.10. The monoisotopic (exact) mass is 209 g/mol. The van der Waals surface area contributed by atoms with Crippen molar-refractivity contribution in [2.45, 2.75) is 6.04 Å². The lowest BCUT2D eigenvalue weighted by Gasteiger charge is -2.14. The predicted molar refractivity (Wildman–Crippen MR) is 52.0 cm³/mol. The van der Waals surface area contributed by atoms with Crippen LogP contribution >= 0.6 is 0 Å². The van der Waals surface area contributed by atoms with Gasteiger partial charge in [0.2, 0.25) is 0 Å². The summed E-state index contributed by atoms with van der Waals surface area (Å²) in [7, 11) is 0. The van der Waals surface area contributed by atoms with Crippen LogP contribution in [-0.4, -0.2) is 28.7 Å². The number of hydrogen-bond acceptors (Lipinski definition) is 3. The number of aliphatic hydroxyl groups excluding tert-OH is 1. The fourth-order valence-electron chi connectivity index (χ4n) is 1.14. The highest BCUT2D eigenvalue weighted by Gasteiger charge is 2.17. The first-order valence-corrected chi connectivity index (χ1v) is 4.34. The maximum Gasteiger partial charge on any atom is 0.394 e. The Balaban J connectivity index is 2.73. The Morgan fingerprint density at radius 3 is 2.33 bits per heavy atom. The second-order valence-electron chi connectivity index (χ2n) is 2.92. The SMILES string of the molecule is O=C(O)C(=O)NC(CO)c1ccccc1. The molecule has 1 unspecified atom stereocenters. The van der Waals surface area contributed by atoms with Gasteiger partial charge < -0.3 is 15.5 Å². The highest BCUT2D eigenvalue weighted by atomic mass is 16.4. The van der Waals surface area contributed by atoms with E-state index in [1.807, 2.05) is 0 Å². The number of hydrogen-bond donors (Lipinski definition) is 3. The van der Waals surface area contributed by atoms with Crippen LogP contribution < -0.4 is 5.32 Å². The Labute approximate surface area is 86.4 Å². The molecule has 0 aliphatic carbocycles. The normalized spacial score (nSPS) is 11.8. The first-order valence-electron chi connectivity index (χ1n) is 4.34. The molecule has 1 rings (SSSR count). The Bertz CT molecular complexity index is 350. The molecule has 5 heteroatoms. The number of nitrogens with one attached hydrogen (secondary N) is 1. The lowest BCUT2D eigenvalue weighted by molar-refractivity contribution is -0.150. The third kappa shape index (κ3) is 3.07. The maximum absolute atomic E-state index is 10.9. The quantitative estimate of drug-likeness (QED) is 0.608. The summed E-state index contributed by atoms with van der Waals surface area (Å²) in [6.45, 7) is -0.344. The fourth-order valence-corrected chi connectivity index (χ4v) is 1.14. The number of benzene rings is 1. The molecule has 0 saturated carbocycles. The number of carbonyl (C=O) groups is 2. The van der Waals surface area contributed by atoms with Crippen LogP contribution in [0.4, 0.5) is 0 Å². The van der Waals surface area contributed by atoms with Gasteiger partial charge in [0.25, 0.3) is 0 Å². The van der Waals surface area contributed by atoms with E-state index in [4.69, 9.17) is 10.2 Å². The van der Waals surface area contributed by atoms with E-state index < -0.39 is 17.9 Å². The van der Waals surface area contributed by atoms with Crippen molar-refractivity contribution in [2.75, 3.05) is 6.61 Å². The van der Waals surface area contributed by atoms with Gasteiger partial charge >= 0.3 is 11.9 Å². The summed E-state index contributed by atoms with van der Waals surface area (Å²) in [5.41, 5.74) is 0.662. The van der Waals surface area contributed by atoms with Gasteiger partial charge in [-0.05, 0) is 5.56 Å². The van der Waals surface area contributed by atoms with Crippen molar-refractivity contribution in [1.29, 1.82) is 0 Å². The summed E-state index contributed by atoms with van der Waals surface area (Å²) in [5.74, 6) is -2.69. The predicted octanol–water partition coefficient (Wildman–Crippen LogP) is -0.0792. The summed E-state index contributed by atoms with van der Waals surface area (Å²) >= 11 is 0. The minimum atomic E-state index is -1.57. The molecule has 1 amide bonds. The minimum absolute atomic E-state index is 0.344. The van der Waals surface area contributed by atoms with Crippen LogP contribution in [0.25, 0.3) is 0 Å². The Morgan fingerprint density at radius 1 is 1.27 bits per heavy atom. The van der Waals surface area contributed by atoms with Gasteiger partial charge in [-0.25, -0.2) is 4.79 Å². The molecule has 0 saturated heterocycles. The summed E-state index contributed by atoms with van der Waals surface area (Å²) in [4.78, 5) is 21.2. The molecule has 1 atom stereocenters. The van der Waals surface area contributed by atoms with E-state index in [2.05, 4.69) is 5.32 Å². The molecule has 80 valence electrons. The van der Waals surface area contributed by atoms with Gasteiger partial charge in [0, 0.05) is 0 Å². The molecular formula is C10H11NO4. The molecule has 5 nitrogen and oxygen atoms in total. The van der Waals surface area contributed by atoms with Gasteiger partial charge in [-0.1, -0.05) is 30.3 Å². The van der Waals surface area contributed by atoms with Crippen molar-refractivity contribution >= 4 is 11.9 Å². The molecule has 0 aliphatic heterocycles. The molecule has 0 spiro atoms. The summed E-state index contributed by atoms with van der Waals surface area (Å²) in [5, 5.41) is 19.6. The molecule has 0 bridgehead atoms. The van der Waals surface area contributed by atoms with Gasteiger partial charge in [-0.15, -0.1) is 0 Å². The van der Waals surface area contributed by atoms with E-state index in [1.165, 1.54) is 0 Å². The van der Waals surface area contributed by atoms with Crippen molar-refractivity contribution < 1.29 is 19.8 Å². The fraction of sp³-hybridized carbons (Fsp3) is 0.200. The number of carboxylic acid groups (broad SMARTS) is 1. The Hall–Kier alpha value is -1.88. The molecule has 15 heavy (non-hydrogen) atoms. The average molecular weight is 209 g/mol. The molecule has 0 heterocycles. The van der Waals surface area contributed by atoms with Gasteiger partial charge in [0.1, 0.15) is 0 Å². The van der Waals surface area contributed by atoms with Crippen LogP contribution in [0.5, 0.6) is 0 Å². The molecule has 0 aliphatic rings. The molecule has 1 aromatic carbocycles. The number of carbonyl (C=O) groups excluding carboxylic acids is 1. The minimum Gasteiger partial charge on any atom is -0.474 e. The Morgan fingerprint density at radius 2 is 1.87 bits per heavy atom. The van der Waals surface area contributed by atoms with E-state index >= 15 is 0 Å². The standard InChI is InChI=1S/C10H11NO4/c12-6-8(11-9(13)10(14)15)7-4-2-1-3-5-7/h1-5,8,12H,6H2,(H,11,13)(H,14,15). The van der Waals surface area contributed by atoms with Crippen LogP contribution in [0.3, 0.4) is 0 Å². The van der Waals surface area contributed by atoms with Crippen molar-refractivity contribution in [2.24, 2.45) is 0 Å². The molecule has 0 aromatic heterocycles. The lowest BCUT2D eigenvalue weighted by Crippen LogP contribution is -2.35. The average Bonchev–Trinajstić information content (AvgIpc) is 2.26. The number of aliphatic hydroxyl groups is 1. The van der Waals surface area contributed by atoms with Crippen molar-refractivity contribution in [1.82, 2.24) is 5.32 Å². The Kier molecular flexibility index (Phi) is 3.82. The number of rotatable bonds is 3. The van der Waals surface area contributed by atoms with Crippen LogP contribution in [0.2, 0.25) is 0 Å². The third-order valence-electron chi connectivity index (χ3n) is 1.88. The topological polar surface area (TPSA) is 86.6 Å². The van der Waals surface area contributed by atoms with E-state index in [1.54, 1.807) is 30.3 Å². The lowest BCUT2D eigenvalue weighted by atomic mass is 10.1. The summed E-state index contributed by atoms with van der Waals surface area (Å²) in [6, 6.07) is 7.98. The van der Waals surface area contributed by atoms with E-state index in [9.17, 15) is 9.59 Å². The van der Waals surface area contributed by atoms with Crippen molar-refractivity contribution in [3.63, 3.8) is 0 Å². The second kappa shape index (κ2) is 5.11. The maximum atomic E-state index is 10.9. The zero-order valence-corrected chi connectivity index (χ0v) is 7.88. The zero-order valence-electron chi connectivity index (χ0n) is 7.88. The second-order valence-corrected chi connectivity index (χ2v) is 2.92. The zero-order chi connectivity index (χ0) is 11.3. The number of aliphatic carboxylic acids is 1. The molecule has 3 N–H and O–H groups in total. The molecular weight excluding hydrogens is 198 g/mol. The van der Waals surface area contributed by atoms with Crippen LogP contribution in [-0.2, 0) is 9.59 Å². The molecule has 0 radical (unpaired) electrons. The van der Waals surface area contributed by atoms with Gasteiger partial charge in [0.15, 0.2) is 0 Å². The van der Waals surface area contributed by atoms with Crippen LogP contribution in [0, 0.1) is 0 Å². The van der Waals surface area contributed by atoms with Crippen LogP contribution in [0.1, 0.15) is 11.6 Å². The molecule has 1 aromatic rings. The third-order valence-corrected chi connectivity index (χ3v) is 1.88. The smallest absolute Gasteiger partial charge is 0.394 e. The van der Waals surface area contributed by atoms with Crippen molar-refractivity contribution in [3.8, 4) is 0 Å². The van der Waals surface area contributed by atoms with Gasteiger partial charge in [0.05, 0.1) is 12.6 Å². The van der Waals surface area contributed by atoms with E-state index in [0.717, 1.165) is 0 Å². The van der Waals surface area contributed by atoms with E-state index in [0.29, 0.717) is 5.56 Å². The summed E-state index contributed by atoms with van der Waals surface area (Å²) in [6.07, 6.45) is 0. The number of amides is 1. The summed E-state index contributed by atoms with van der Waals surface area (Å²) < 4.78 is 0. The van der Waals surface area contributed by atoms with Crippen molar-refractivity contribution in [3.05, 3.63) is 35.9 Å². The highest BCUT2D eigenvalue weighted by molar-refractivity contribution is 6.31. The number of carboxylic acids is 1.